The van der Waals surface area contributed by atoms with Crippen LogP contribution in [0.15, 0.2) is 0 Å². The highest BCUT2D eigenvalue weighted by atomic mass is 35.5. The van der Waals surface area contributed by atoms with Gasteiger partial charge in [-0.3, -0.25) is 0 Å². The van der Waals surface area contributed by atoms with Crippen molar-refractivity contribution in [1.82, 2.24) is 0 Å². The topological polar surface area (TPSA) is 55.4 Å². The van der Waals surface area contributed by atoms with Crippen LogP contribution in [0.1, 0.15) is 0 Å². The third kappa shape index (κ3) is 9.62. The lowest BCUT2D eigenvalue weighted by atomic mass is 10.9. The standard InChI is InChI=1S/C12H24Cl6O6Si2/c13-1-7-19-25(20-8-2-14,21-9-3-15)26(22-10-4-16,23-11-5-17)24-12-6-18/h1-12H2. The van der Waals surface area contributed by atoms with Gasteiger partial charge in [0.1, 0.15) is 0 Å². The molecule has 0 aliphatic rings. The number of hydrogen-bond donors (Lipinski definition) is 0. The molecule has 158 valence electrons. The van der Waals surface area contributed by atoms with Crippen molar-refractivity contribution in [3.8, 4) is 0 Å². The third-order valence-electron chi connectivity index (χ3n) is 2.59. The van der Waals surface area contributed by atoms with Crippen LogP contribution in [0.4, 0.5) is 0 Å². The van der Waals surface area contributed by atoms with Gasteiger partial charge in [0.05, 0.1) is 39.6 Å². The number of rotatable bonds is 19. The smallest absolute Gasteiger partial charge is 0.370 e. The molecular weight excluding hydrogens is 509 g/mol. The molecule has 0 heterocycles. The van der Waals surface area contributed by atoms with Gasteiger partial charge in [-0.25, -0.2) is 0 Å². The van der Waals surface area contributed by atoms with Crippen LogP contribution >= 0.6 is 69.6 Å². The molecule has 0 bridgehead atoms. The first kappa shape index (κ1) is 27.9. The molecule has 0 N–H and O–H groups in total. The summed E-state index contributed by atoms with van der Waals surface area (Å²) in [6, 6.07) is 0. The summed E-state index contributed by atoms with van der Waals surface area (Å²) in [5, 5.41) is 0. The number of alkyl halides is 6. The van der Waals surface area contributed by atoms with E-state index in [1.165, 1.54) is 0 Å². The van der Waals surface area contributed by atoms with Crippen LogP contribution in [0.25, 0.3) is 0 Å². The molecule has 26 heavy (non-hydrogen) atoms. The van der Waals surface area contributed by atoms with Crippen molar-refractivity contribution >= 4 is 86.2 Å². The maximum absolute atomic E-state index is 5.94. The lowest BCUT2D eigenvalue weighted by Crippen LogP contribution is -2.74. The molecule has 0 rings (SSSR count). The predicted molar refractivity (Wildman–Crippen MR) is 112 cm³/mol. The largest absolute Gasteiger partial charge is 0.577 e. The predicted octanol–water partition coefficient (Wildman–Crippen LogP) is 3.48. The lowest BCUT2D eigenvalue weighted by molar-refractivity contribution is 0.0241. The van der Waals surface area contributed by atoms with Crippen LogP contribution in [0.2, 0.25) is 0 Å². The Morgan fingerprint density at radius 1 is 0.346 bits per heavy atom. The van der Waals surface area contributed by atoms with Gasteiger partial charge in [0, 0.05) is 35.3 Å². The molecule has 0 saturated heterocycles. The summed E-state index contributed by atoms with van der Waals surface area (Å²) in [5.41, 5.74) is 0. The van der Waals surface area contributed by atoms with E-state index in [0.29, 0.717) is 0 Å². The van der Waals surface area contributed by atoms with E-state index in [-0.39, 0.29) is 74.9 Å². The van der Waals surface area contributed by atoms with E-state index < -0.39 is 16.6 Å². The number of hydrogen-bond acceptors (Lipinski definition) is 6. The molecule has 0 aromatic heterocycles. The molecule has 14 heteroatoms. The Hall–Kier alpha value is 1.93. The first-order chi connectivity index (χ1) is 12.6. The molecule has 0 saturated carbocycles. The van der Waals surface area contributed by atoms with E-state index in [9.17, 15) is 0 Å². The molecule has 0 atom stereocenters. The van der Waals surface area contributed by atoms with E-state index in [1.807, 2.05) is 0 Å². The normalized spacial score (nSPS) is 12.7. The molecule has 0 radical (unpaired) electrons. The second kappa shape index (κ2) is 17.8. The maximum atomic E-state index is 5.94. The fraction of sp³-hybridized carbons (Fsp3) is 1.00. The molecule has 0 aromatic rings. The molecule has 0 fully saturated rings. The van der Waals surface area contributed by atoms with Crippen molar-refractivity contribution in [3.05, 3.63) is 0 Å². The van der Waals surface area contributed by atoms with E-state index in [1.54, 1.807) is 0 Å². The minimum atomic E-state index is -3.71. The second-order valence-corrected chi connectivity index (χ2v) is 14.2. The van der Waals surface area contributed by atoms with Gasteiger partial charge >= 0.3 is 16.6 Å². The molecule has 0 aromatic carbocycles. The molecular formula is C12H24Cl6O6Si2. The minimum Gasteiger partial charge on any atom is -0.370 e. The van der Waals surface area contributed by atoms with Crippen LogP contribution in [0.3, 0.4) is 0 Å². The van der Waals surface area contributed by atoms with E-state index in [2.05, 4.69) is 0 Å². The highest BCUT2D eigenvalue weighted by Crippen LogP contribution is 2.28. The van der Waals surface area contributed by atoms with Crippen LogP contribution in [0.5, 0.6) is 0 Å². The average molecular weight is 533 g/mol. The summed E-state index contributed by atoms with van der Waals surface area (Å²) >= 11 is 34.8. The Bertz CT molecular complexity index is 263. The zero-order valence-corrected chi connectivity index (χ0v) is 20.7. The van der Waals surface area contributed by atoms with Crippen molar-refractivity contribution in [2.24, 2.45) is 0 Å². The van der Waals surface area contributed by atoms with Crippen molar-refractivity contribution in [2.75, 3.05) is 74.9 Å². The SMILES string of the molecule is ClCCO[Si](OCCCl)(OCCCl)[Si](OCCCl)(OCCCl)OCCCl. The highest BCUT2D eigenvalue weighted by Gasteiger charge is 2.72. The van der Waals surface area contributed by atoms with Crippen molar-refractivity contribution in [3.63, 3.8) is 0 Å². The first-order valence-electron chi connectivity index (χ1n) is 7.81. The van der Waals surface area contributed by atoms with Crippen LogP contribution < -0.4 is 0 Å². The monoisotopic (exact) mass is 530 g/mol. The van der Waals surface area contributed by atoms with Gasteiger partial charge in [-0.15, -0.1) is 69.6 Å². The second-order valence-electron chi connectivity index (χ2n) is 4.34. The molecule has 0 spiro atoms. The molecule has 0 aliphatic carbocycles. The average Bonchev–Trinajstić information content (AvgIpc) is 2.67. The molecule has 0 aliphatic heterocycles. The van der Waals surface area contributed by atoms with Gasteiger partial charge in [-0.2, -0.15) is 0 Å². The molecule has 0 amide bonds. The van der Waals surface area contributed by atoms with Gasteiger partial charge in [0.15, 0.2) is 0 Å². The van der Waals surface area contributed by atoms with Gasteiger partial charge < -0.3 is 26.6 Å². The summed E-state index contributed by atoms with van der Waals surface area (Å²) in [7, 11) is -7.41. The summed E-state index contributed by atoms with van der Waals surface area (Å²) in [6.45, 7) is 0.785. The van der Waals surface area contributed by atoms with E-state index in [4.69, 9.17) is 96.2 Å². The summed E-state index contributed by atoms with van der Waals surface area (Å²) in [6.07, 6.45) is 0. The highest BCUT2D eigenvalue weighted by molar-refractivity contribution is 7.26. The van der Waals surface area contributed by atoms with Gasteiger partial charge in [0.25, 0.3) is 0 Å². The Labute approximate surface area is 187 Å². The molecule has 0 unspecified atom stereocenters. The van der Waals surface area contributed by atoms with Crippen molar-refractivity contribution in [2.45, 2.75) is 0 Å². The maximum Gasteiger partial charge on any atom is 0.577 e. The van der Waals surface area contributed by atoms with Gasteiger partial charge in [0.2, 0.25) is 0 Å². The van der Waals surface area contributed by atoms with Crippen molar-refractivity contribution < 1.29 is 26.6 Å². The molecule has 6 nitrogen and oxygen atoms in total. The zero-order chi connectivity index (χ0) is 19.7. The fourth-order valence-corrected chi connectivity index (χ4v) is 11.9. The third-order valence-corrected chi connectivity index (χ3v) is 12.6. The summed E-state index contributed by atoms with van der Waals surface area (Å²) in [4.78, 5) is 0. The Morgan fingerprint density at radius 3 is 0.615 bits per heavy atom. The Morgan fingerprint density at radius 2 is 0.500 bits per heavy atom. The van der Waals surface area contributed by atoms with E-state index >= 15 is 0 Å². The zero-order valence-electron chi connectivity index (χ0n) is 14.2. The van der Waals surface area contributed by atoms with Gasteiger partial charge in [-0.1, -0.05) is 0 Å². The van der Waals surface area contributed by atoms with Gasteiger partial charge in [-0.05, 0) is 0 Å². The van der Waals surface area contributed by atoms with Crippen molar-refractivity contribution in [1.29, 1.82) is 0 Å². The first-order valence-corrected chi connectivity index (χ1v) is 15.5. The summed E-state index contributed by atoms with van der Waals surface area (Å²) < 4.78 is 35.7. The Balaban J connectivity index is 5.95. The van der Waals surface area contributed by atoms with Crippen LogP contribution in [0, 0.1) is 0 Å². The van der Waals surface area contributed by atoms with Crippen LogP contribution in [-0.2, 0) is 26.6 Å². The Kier molecular flexibility index (Phi) is 19.1. The fourth-order valence-electron chi connectivity index (χ4n) is 1.82. The van der Waals surface area contributed by atoms with E-state index in [0.717, 1.165) is 0 Å². The quantitative estimate of drug-likeness (QED) is 0.187. The lowest BCUT2D eigenvalue weighted by Gasteiger charge is -2.40. The summed E-state index contributed by atoms with van der Waals surface area (Å²) in [5.74, 6) is 1.22. The van der Waals surface area contributed by atoms with Crippen LogP contribution in [-0.4, -0.2) is 91.6 Å². The number of halogens is 6. The minimum absolute atomic E-state index is 0.131.